The van der Waals surface area contributed by atoms with Gasteiger partial charge in [0.2, 0.25) is 0 Å². The molecular weight excluding hydrogens is 1200 g/mol. The Bertz CT molecular complexity index is 6.49. The molecular formula is H4N2Pt6. The summed E-state index contributed by atoms with van der Waals surface area (Å²) in [5.74, 6) is 0. The monoisotopic (exact) mass is 1200 g/mol. The van der Waals surface area contributed by atoms with Crippen molar-refractivity contribution >= 4 is 0 Å². The summed E-state index contributed by atoms with van der Waals surface area (Å²) in [5.41, 5.74) is 0. The fourth-order valence-electron chi connectivity index (χ4n) is 0. The topological polar surface area (TPSA) is 67.0 Å². The molecule has 4 N–H and O–H groups in total. The van der Waals surface area contributed by atoms with E-state index >= 15 is 0 Å². The molecule has 0 bridgehead atoms. The molecule has 8 heavy (non-hydrogen) atoms. The molecule has 0 aliphatic carbocycles. The van der Waals surface area contributed by atoms with E-state index in [1.165, 1.54) is 0 Å². The number of rotatable bonds is 0. The van der Waals surface area contributed by atoms with Gasteiger partial charge in [-0.25, -0.2) is 0 Å². The van der Waals surface area contributed by atoms with Gasteiger partial charge in [-0.1, -0.05) is 0 Å². The summed E-state index contributed by atoms with van der Waals surface area (Å²) in [6, 6.07) is 0. The third-order valence-corrected chi connectivity index (χ3v) is 0. The maximum absolute atomic E-state index is 0. The Morgan fingerprint density at radius 1 is 0.375 bits per heavy atom. The summed E-state index contributed by atoms with van der Waals surface area (Å²) in [7, 11) is 0. The number of nitrogens with two attached hydrogens (primary N) is 2. The first kappa shape index (κ1) is 89.7. The molecule has 0 aliphatic heterocycles. The summed E-state index contributed by atoms with van der Waals surface area (Å²) >= 11 is 0. The van der Waals surface area contributed by atoms with Gasteiger partial charge in [0.1, 0.15) is 0 Å². The Morgan fingerprint density at radius 2 is 0.375 bits per heavy atom. The van der Waals surface area contributed by atoms with E-state index < -0.39 is 0 Å². The van der Waals surface area contributed by atoms with Crippen LogP contribution in [0.2, 0.25) is 0 Å². The zero-order chi connectivity index (χ0) is 0. The molecule has 0 spiro atoms. The molecule has 0 rings (SSSR count). The first-order valence-electron chi connectivity index (χ1n) is 0. The van der Waals surface area contributed by atoms with E-state index in [1.54, 1.807) is 0 Å². The van der Waals surface area contributed by atoms with Crippen molar-refractivity contribution in [3.05, 3.63) is 12.3 Å². The van der Waals surface area contributed by atoms with Gasteiger partial charge in [0, 0.05) is 105 Å². The van der Waals surface area contributed by atoms with E-state index in [-0.39, 0.29) is 139 Å². The van der Waals surface area contributed by atoms with Gasteiger partial charge in [-0.05, 0) is 0 Å². The molecule has 0 atom stereocenters. The second-order valence-corrected chi connectivity index (χ2v) is 0. The minimum atomic E-state index is 0. The molecule has 0 aliphatic rings. The van der Waals surface area contributed by atoms with Crippen LogP contribution in [0.5, 0.6) is 0 Å². The normalized spacial score (nSPS) is 0. The molecule has 0 heterocycles. The van der Waals surface area contributed by atoms with Crippen LogP contribution in [0.4, 0.5) is 0 Å². The van der Waals surface area contributed by atoms with E-state index in [0.717, 1.165) is 0 Å². The first-order valence-corrected chi connectivity index (χ1v) is 0. The van der Waals surface area contributed by atoms with Crippen molar-refractivity contribution in [3.8, 4) is 0 Å². The van der Waals surface area contributed by atoms with Gasteiger partial charge < -0.3 is 12.3 Å². The minimum absolute atomic E-state index is 0. The van der Waals surface area contributed by atoms with Crippen LogP contribution in [0, 0.1) is 0 Å². The predicted molar refractivity (Wildman–Crippen MR) is 10.6 cm³/mol. The summed E-state index contributed by atoms with van der Waals surface area (Å²) in [4.78, 5) is 0. The molecule has 0 unspecified atom stereocenters. The Labute approximate surface area is 136 Å². The van der Waals surface area contributed by atoms with Crippen molar-refractivity contribution in [3.63, 3.8) is 0 Å². The molecule has 0 radical (unpaired) electrons. The average molecular weight is 1200 g/mol. The first-order chi connectivity index (χ1) is 0. The van der Waals surface area contributed by atoms with Crippen LogP contribution in [-0.4, -0.2) is 0 Å². The third-order valence-electron chi connectivity index (χ3n) is 0. The third kappa shape index (κ3) is 50.2. The van der Waals surface area contributed by atoms with Gasteiger partial charge in [-0.15, -0.1) is 0 Å². The number of hydrogen-bond acceptors (Lipinski definition) is 0. The summed E-state index contributed by atoms with van der Waals surface area (Å²) < 4.78 is 0. The van der Waals surface area contributed by atoms with Gasteiger partial charge in [0.05, 0.1) is 0 Å². The van der Waals surface area contributed by atoms with E-state index in [9.17, 15) is 0 Å². The Balaban J connectivity index is 0. The average Bonchev–Trinajstić information content (AvgIpc) is 0. The Kier molecular flexibility index (Phi) is 763. The molecule has 0 amide bonds. The van der Waals surface area contributed by atoms with Gasteiger partial charge >= 0.3 is 21.1 Å². The van der Waals surface area contributed by atoms with Crippen molar-refractivity contribution in [2.24, 2.45) is 0 Å². The van der Waals surface area contributed by atoms with Gasteiger partial charge in [0.15, 0.2) is 0 Å². The Morgan fingerprint density at radius 3 is 0.375 bits per heavy atom. The van der Waals surface area contributed by atoms with E-state index in [0.29, 0.717) is 0 Å². The number of hydrogen-bond donors (Lipinski definition) is 0. The fourth-order valence-corrected chi connectivity index (χ4v) is 0. The van der Waals surface area contributed by atoms with E-state index in [1.807, 2.05) is 0 Å². The van der Waals surface area contributed by atoms with Crippen LogP contribution in [-0.2, 0) is 126 Å². The van der Waals surface area contributed by atoms with Crippen LogP contribution in [0.25, 0.3) is 12.3 Å². The minimum Gasteiger partial charge on any atom is -0.693 e. The molecule has 0 saturated carbocycles. The SMILES string of the molecule is [NH2-].[NH2-].[Pt+2].[Pt].[Pt].[Pt].[Pt].[Pt]. The quantitative estimate of drug-likeness (QED) is 0.353. The smallest absolute Gasteiger partial charge is 0.693 e. The van der Waals surface area contributed by atoms with E-state index in [2.05, 4.69) is 0 Å². The zero-order valence-electron chi connectivity index (χ0n) is 3.05. The Hall–Kier alpha value is 4.05. The van der Waals surface area contributed by atoms with Crippen molar-refractivity contribution in [2.45, 2.75) is 0 Å². The molecule has 0 aromatic rings. The fraction of sp³-hybridized carbons (Fsp3) is 0. The second-order valence-electron chi connectivity index (χ2n) is 0. The van der Waals surface area contributed by atoms with Crippen LogP contribution >= 0.6 is 0 Å². The van der Waals surface area contributed by atoms with Crippen LogP contribution in [0.15, 0.2) is 0 Å². The van der Waals surface area contributed by atoms with Crippen molar-refractivity contribution in [1.82, 2.24) is 0 Å². The molecule has 2 nitrogen and oxygen atoms in total. The molecule has 0 fully saturated rings. The standard InChI is InChI=1S/2H2N.6Pt/h2*1H2;;;;;;/q2*-1;;;;;;+2. The van der Waals surface area contributed by atoms with Crippen LogP contribution in [0.1, 0.15) is 0 Å². The zero-order valence-corrected chi connectivity index (χ0v) is 16.7. The summed E-state index contributed by atoms with van der Waals surface area (Å²) in [6.07, 6.45) is 0. The maximum atomic E-state index is 0. The predicted octanol–water partition coefficient (Wildman–Crippen LogP) is 1.42. The van der Waals surface area contributed by atoms with Gasteiger partial charge in [-0.2, -0.15) is 0 Å². The van der Waals surface area contributed by atoms with Crippen LogP contribution in [0.3, 0.4) is 0 Å². The van der Waals surface area contributed by atoms with Crippen molar-refractivity contribution < 1.29 is 126 Å². The molecule has 0 aromatic carbocycles. The van der Waals surface area contributed by atoms with Crippen molar-refractivity contribution in [2.75, 3.05) is 0 Å². The second kappa shape index (κ2) is 68.0. The van der Waals surface area contributed by atoms with E-state index in [4.69, 9.17) is 0 Å². The molecule has 8 heteroatoms. The largest absolute Gasteiger partial charge is 2.00 e. The van der Waals surface area contributed by atoms with Crippen molar-refractivity contribution in [1.29, 1.82) is 0 Å². The molecule has 0 aromatic heterocycles. The summed E-state index contributed by atoms with van der Waals surface area (Å²) in [5, 5.41) is 0. The molecule has 74 valence electrons. The molecule has 0 saturated heterocycles. The van der Waals surface area contributed by atoms with Crippen LogP contribution < -0.4 is 0 Å². The maximum Gasteiger partial charge on any atom is 2.00 e. The van der Waals surface area contributed by atoms with Gasteiger partial charge in [0.25, 0.3) is 0 Å². The summed E-state index contributed by atoms with van der Waals surface area (Å²) in [6.45, 7) is 0. The van der Waals surface area contributed by atoms with Gasteiger partial charge in [-0.3, -0.25) is 0 Å².